The number of fused-ring (bicyclic) bond motifs is 2. The molecule has 3 heterocycles. The summed E-state index contributed by atoms with van der Waals surface area (Å²) in [5.41, 5.74) is 4.97. The van der Waals surface area contributed by atoms with Crippen LogP contribution >= 0.6 is 0 Å². The molecule has 33 heavy (non-hydrogen) atoms. The van der Waals surface area contributed by atoms with Crippen LogP contribution in [-0.4, -0.2) is 43.2 Å². The van der Waals surface area contributed by atoms with Gasteiger partial charge in [-0.1, -0.05) is 18.2 Å². The number of nitrogens with zero attached hydrogens (tertiary/aromatic N) is 1. The molecule has 1 aromatic carbocycles. The summed E-state index contributed by atoms with van der Waals surface area (Å²) in [5, 5.41) is 6.40. The minimum Gasteiger partial charge on any atom is -0.381 e. The Bertz CT molecular complexity index is 1070. The molecule has 0 aliphatic carbocycles. The molecule has 0 radical (unpaired) electrons. The van der Waals surface area contributed by atoms with Gasteiger partial charge >= 0.3 is 0 Å². The number of allylic oxidation sites excluding steroid dienone is 1. The van der Waals surface area contributed by atoms with Gasteiger partial charge in [-0.05, 0) is 62.4 Å². The third kappa shape index (κ3) is 5.37. The number of nitrogens with one attached hydrogen (secondary N) is 3. The lowest BCUT2D eigenvalue weighted by molar-refractivity contribution is 0.0845. The maximum absolute atomic E-state index is 13.3. The largest absolute Gasteiger partial charge is 0.381 e. The van der Waals surface area contributed by atoms with Crippen molar-refractivity contribution in [2.75, 3.05) is 31.2 Å². The van der Waals surface area contributed by atoms with Crippen molar-refractivity contribution in [1.82, 2.24) is 15.6 Å². The molecule has 2 aliphatic heterocycles. The molecule has 1 amide bonds. The number of hydrogen-bond acceptors (Lipinski definition) is 5. The van der Waals surface area contributed by atoms with Crippen molar-refractivity contribution in [3.63, 3.8) is 0 Å². The summed E-state index contributed by atoms with van der Waals surface area (Å²) in [6, 6.07) is 8.35. The van der Waals surface area contributed by atoms with E-state index in [1.165, 1.54) is 0 Å². The van der Waals surface area contributed by atoms with Crippen LogP contribution in [-0.2, 0) is 24.2 Å². The number of pyridine rings is 1. The normalized spacial score (nSPS) is 18.7. The smallest absolute Gasteiger partial charge is 0.253 e. The Morgan fingerprint density at radius 1 is 1.09 bits per heavy atom. The minimum absolute atomic E-state index is 0.150. The first-order valence-corrected chi connectivity index (χ1v) is 11.9. The Morgan fingerprint density at radius 2 is 1.91 bits per heavy atom. The van der Waals surface area contributed by atoms with Gasteiger partial charge in [0.05, 0.1) is 0 Å². The van der Waals surface area contributed by atoms with E-state index < -0.39 is 0 Å². The average molecular weight is 451 g/mol. The molecule has 0 bridgehead atoms. The molecule has 0 spiro atoms. The molecule has 1 fully saturated rings. The number of amides is 1. The van der Waals surface area contributed by atoms with Crippen molar-refractivity contribution in [2.45, 2.75) is 52.2 Å². The summed E-state index contributed by atoms with van der Waals surface area (Å²) in [6.07, 6.45) is 6.88. The number of benzene rings is 1. The van der Waals surface area contributed by atoms with Gasteiger partial charge in [0.2, 0.25) is 0 Å². The lowest BCUT2D eigenvalue weighted by Gasteiger charge is -2.37. The molecule has 7 nitrogen and oxygen atoms in total. The van der Waals surface area contributed by atoms with E-state index in [4.69, 9.17) is 4.74 Å². The predicted octanol–water partition coefficient (Wildman–Crippen LogP) is 2.82. The molecule has 1 aromatic heterocycles. The SMILES string of the molecule is CCN(c1cccc2c1C/C=C/CNCc1cc(C)[nH]c(=O)c1CNC2=O)C1CCOCC1. The number of carbonyl (C=O) groups is 1. The van der Waals surface area contributed by atoms with E-state index in [0.717, 1.165) is 55.1 Å². The van der Waals surface area contributed by atoms with Crippen molar-refractivity contribution >= 4 is 11.6 Å². The molecule has 0 saturated carbocycles. The van der Waals surface area contributed by atoms with E-state index in [0.29, 0.717) is 36.7 Å². The lowest BCUT2D eigenvalue weighted by Crippen LogP contribution is -2.40. The van der Waals surface area contributed by atoms with Crippen molar-refractivity contribution in [3.05, 3.63) is 74.7 Å². The number of hydrogen-bond donors (Lipinski definition) is 3. The minimum atomic E-state index is -0.151. The predicted molar refractivity (Wildman–Crippen MR) is 131 cm³/mol. The average Bonchev–Trinajstić information content (AvgIpc) is 2.83. The van der Waals surface area contributed by atoms with Gasteiger partial charge in [-0.15, -0.1) is 0 Å². The molecule has 4 rings (SSSR count). The van der Waals surface area contributed by atoms with Gasteiger partial charge in [0.15, 0.2) is 0 Å². The van der Waals surface area contributed by atoms with E-state index in [1.807, 2.05) is 25.1 Å². The van der Waals surface area contributed by atoms with Gasteiger partial charge in [0.1, 0.15) is 0 Å². The molecule has 1 saturated heterocycles. The van der Waals surface area contributed by atoms with E-state index in [9.17, 15) is 9.59 Å². The van der Waals surface area contributed by atoms with Crippen LogP contribution in [0.15, 0.2) is 41.2 Å². The van der Waals surface area contributed by atoms with Crippen LogP contribution in [0.3, 0.4) is 0 Å². The number of rotatable bonds is 3. The van der Waals surface area contributed by atoms with Crippen LogP contribution in [0.1, 0.15) is 52.5 Å². The standard InChI is InChI=1S/C26H34N4O3/c1-3-30(20-10-13-33-14-11-20)24-9-6-8-22-21(24)7-4-5-12-27-16-19-15-18(2)29-26(32)23(19)17-28-25(22)31/h4-6,8-9,15,20,27H,3,7,10-14,16-17H2,1-2H3,(H,28,31)(H,29,32)/b5-4+. The van der Waals surface area contributed by atoms with Crippen LogP contribution in [0.5, 0.6) is 0 Å². The van der Waals surface area contributed by atoms with E-state index in [2.05, 4.69) is 45.7 Å². The molecular formula is C26H34N4O3. The molecule has 2 aliphatic rings. The Hall–Kier alpha value is -2.90. The zero-order valence-electron chi connectivity index (χ0n) is 19.6. The zero-order valence-corrected chi connectivity index (χ0v) is 19.6. The molecular weight excluding hydrogens is 416 g/mol. The third-order valence-corrected chi connectivity index (χ3v) is 6.53. The maximum atomic E-state index is 13.3. The second kappa shape index (κ2) is 10.8. The lowest BCUT2D eigenvalue weighted by atomic mass is 9.97. The van der Waals surface area contributed by atoms with Gasteiger partial charge in [-0.2, -0.15) is 0 Å². The Labute approximate surface area is 195 Å². The Kier molecular flexibility index (Phi) is 7.62. The maximum Gasteiger partial charge on any atom is 0.253 e. The number of anilines is 1. The quantitative estimate of drug-likeness (QED) is 0.626. The van der Waals surface area contributed by atoms with Crippen LogP contribution in [0.25, 0.3) is 0 Å². The van der Waals surface area contributed by atoms with E-state index in [-0.39, 0.29) is 18.0 Å². The Balaban J connectivity index is 1.70. The highest BCUT2D eigenvalue weighted by Gasteiger charge is 2.25. The summed E-state index contributed by atoms with van der Waals surface area (Å²) in [4.78, 5) is 31.2. The number of carbonyl (C=O) groups excluding carboxylic acids is 1. The summed E-state index contributed by atoms with van der Waals surface area (Å²) in [6.45, 7) is 7.92. The van der Waals surface area contributed by atoms with Crippen molar-refractivity contribution in [2.24, 2.45) is 0 Å². The van der Waals surface area contributed by atoms with Gasteiger partial charge in [0, 0.05) is 67.9 Å². The summed E-state index contributed by atoms with van der Waals surface area (Å²) in [7, 11) is 0. The number of aryl methyl sites for hydroxylation is 1. The van der Waals surface area contributed by atoms with Gasteiger partial charge < -0.3 is 25.3 Å². The van der Waals surface area contributed by atoms with Crippen LogP contribution < -0.4 is 21.1 Å². The van der Waals surface area contributed by atoms with Crippen molar-refractivity contribution < 1.29 is 9.53 Å². The number of ether oxygens (including phenoxy) is 1. The summed E-state index contributed by atoms with van der Waals surface area (Å²) >= 11 is 0. The molecule has 0 unspecified atom stereocenters. The third-order valence-electron chi connectivity index (χ3n) is 6.53. The molecule has 0 atom stereocenters. The highest BCUT2D eigenvalue weighted by molar-refractivity contribution is 5.97. The van der Waals surface area contributed by atoms with E-state index in [1.54, 1.807) is 0 Å². The van der Waals surface area contributed by atoms with Crippen LogP contribution in [0.2, 0.25) is 0 Å². The van der Waals surface area contributed by atoms with Gasteiger partial charge in [-0.25, -0.2) is 0 Å². The highest BCUT2D eigenvalue weighted by atomic mass is 16.5. The van der Waals surface area contributed by atoms with E-state index >= 15 is 0 Å². The Morgan fingerprint density at radius 3 is 2.70 bits per heavy atom. The van der Waals surface area contributed by atoms with Gasteiger partial charge in [0.25, 0.3) is 11.5 Å². The first kappa shape index (κ1) is 23.3. The first-order chi connectivity index (χ1) is 16.1. The molecule has 3 N–H and O–H groups in total. The van der Waals surface area contributed by atoms with Crippen LogP contribution in [0, 0.1) is 6.92 Å². The van der Waals surface area contributed by atoms with Crippen molar-refractivity contribution in [3.8, 4) is 0 Å². The fourth-order valence-electron chi connectivity index (χ4n) is 4.87. The molecule has 7 heteroatoms. The first-order valence-electron chi connectivity index (χ1n) is 11.9. The van der Waals surface area contributed by atoms with Crippen molar-refractivity contribution in [1.29, 1.82) is 0 Å². The monoisotopic (exact) mass is 450 g/mol. The number of aromatic nitrogens is 1. The highest BCUT2D eigenvalue weighted by Crippen LogP contribution is 2.29. The topological polar surface area (TPSA) is 86.5 Å². The fourth-order valence-corrected chi connectivity index (χ4v) is 4.87. The molecule has 176 valence electrons. The summed E-state index contributed by atoms with van der Waals surface area (Å²) in [5.74, 6) is -0.151. The van der Waals surface area contributed by atoms with Gasteiger partial charge in [-0.3, -0.25) is 9.59 Å². The molecule has 2 aromatic rings. The number of H-pyrrole nitrogens is 1. The second-order valence-corrected chi connectivity index (χ2v) is 8.71. The second-order valence-electron chi connectivity index (χ2n) is 8.71. The van der Waals surface area contributed by atoms with Crippen LogP contribution in [0.4, 0.5) is 5.69 Å². The fraction of sp³-hybridized carbons (Fsp3) is 0.462. The summed E-state index contributed by atoms with van der Waals surface area (Å²) < 4.78 is 5.57. The zero-order chi connectivity index (χ0) is 23.2. The number of aromatic amines is 1.